The Morgan fingerprint density at radius 3 is 2.65 bits per heavy atom. The molecule has 0 bridgehead atoms. The predicted octanol–water partition coefficient (Wildman–Crippen LogP) is 1.63. The number of carbonyl (C=O) groups is 1. The second-order valence-corrected chi connectivity index (χ2v) is 4.30. The summed E-state index contributed by atoms with van der Waals surface area (Å²) < 4.78 is 13.4. The van der Waals surface area contributed by atoms with Crippen LogP contribution in [0.4, 0.5) is 4.39 Å². The number of hydrogen-bond donors (Lipinski definition) is 3. The van der Waals surface area contributed by atoms with Crippen molar-refractivity contribution in [2.24, 2.45) is 0 Å². The number of nitrogens with zero attached hydrogens (tertiary/aromatic N) is 1. The van der Waals surface area contributed by atoms with E-state index in [1.165, 1.54) is 13.8 Å². The van der Waals surface area contributed by atoms with E-state index in [1.54, 1.807) is 0 Å². The van der Waals surface area contributed by atoms with Crippen molar-refractivity contribution in [1.82, 2.24) is 9.97 Å². The van der Waals surface area contributed by atoms with Gasteiger partial charge in [0.05, 0.1) is 16.6 Å². The highest BCUT2D eigenvalue weighted by atomic mass is 19.1. The third-order valence-corrected chi connectivity index (χ3v) is 2.38. The molecule has 1 aromatic carbocycles. The minimum Gasteiger partial charge on any atom is -0.478 e. The lowest BCUT2D eigenvalue weighted by molar-refractivity contribution is 0.0689. The maximum atomic E-state index is 13.4. The smallest absolute Gasteiger partial charge is 0.338 e. The van der Waals surface area contributed by atoms with Crippen LogP contribution in [-0.4, -0.2) is 26.2 Å². The molecule has 0 spiro atoms. The molecule has 0 saturated carbocycles. The van der Waals surface area contributed by atoms with E-state index in [1.807, 2.05) is 0 Å². The van der Waals surface area contributed by atoms with Crippen LogP contribution in [-0.2, 0) is 5.60 Å². The molecule has 0 unspecified atom stereocenters. The first kappa shape index (κ1) is 11.5. The van der Waals surface area contributed by atoms with Gasteiger partial charge in [-0.25, -0.2) is 14.2 Å². The van der Waals surface area contributed by atoms with Crippen LogP contribution in [0.15, 0.2) is 12.1 Å². The first-order valence-electron chi connectivity index (χ1n) is 4.94. The number of aromatic nitrogens is 2. The van der Waals surface area contributed by atoms with E-state index in [2.05, 4.69) is 9.97 Å². The van der Waals surface area contributed by atoms with Crippen molar-refractivity contribution in [3.8, 4) is 0 Å². The fraction of sp³-hybridized carbons (Fsp3) is 0.273. The number of imidazole rings is 1. The van der Waals surface area contributed by atoms with Gasteiger partial charge in [-0.05, 0) is 19.9 Å². The van der Waals surface area contributed by atoms with Crippen LogP contribution in [0.5, 0.6) is 0 Å². The van der Waals surface area contributed by atoms with Crippen molar-refractivity contribution in [3.05, 3.63) is 29.3 Å². The number of halogens is 1. The van der Waals surface area contributed by atoms with Crippen molar-refractivity contribution in [2.45, 2.75) is 19.4 Å². The molecule has 2 rings (SSSR count). The predicted molar refractivity (Wildman–Crippen MR) is 58.3 cm³/mol. The highest BCUT2D eigenvalue weighted by Crippen LogP contribution is 2.22. The van der Waals surface area contributed by atoms with Gasteiger partial charge in [-0.2, -0.15) is 0 Å². The molecule has 0 saturated heterocycles. The van der Waals surface area contributed by atoms with E-state index < -0.39 is 23.0 Å². The summed E-state index contributed by atoms with van der Waals surface area (Å²) in [6.07, 6.45) is 0. The minimum atomic E-state index is -1.35. The van der Waals surface area contributed by atoms with Crippen molar-refractivity contribution in [2.75, 3.05) is 0 Å². The highest BCUT2D eigenvalue weighted by molar-refractivity contribution is 5.92. The third kappa shape index (κ3) is 1.99. The van der Waals surface area contributed by atoms with E-state index >= 15 is 0 Å². The van der Waals surface area contributed by atoms with Crippen molar-refractivity contribution < 1.29 is 19.4 Å². The maximum Gasteiger partial charge on any atom is 0.338 e. The van der Waals surface area contributed by atoms with Crippen molar-refractivity contribution in [1.29, 1.82) is 0 Å². The first-order chi connectivity index (χ1) is 7.79. The van der Waals surface area contributed by atoms with Gasteiger partial charge in [-0.15, -0.1) is 0 Å². The zero-order valence-electron chi connectivity index (χ0n) is 9.28. The summed E-state index contributed by atoms with van der Waals surface area (Å²) >= 11 is 0. The van der Waals surface area contributed by atoms with Crippen LogP contribution < -0.4 is 0 Å². The lowest BCUT2D eigenvalue weighted by Crippen LogP contribution is -2.17. The Labute approximate surface area is 95.9 Å². The summed E-state index contributed by atoms with van der Waals surface area (Å²) in [5, 5.41) is 18.5. The molecule has 5 nitrogen and oxygen atoms in total. The van der Waals surface area contributed by atoms with Gasteiger partial charge in [0.2, 0.25) is 0 Å². The maximum absolute atomic E-state index is 13.4. The number of fused-ring (bicyclic) bond motifs is 1. The molecule has 0 radical (unpaired) electrons. The fourth-order valence-electron chi connectivity index (χ4n) is 1.48. The number of H-pyrrole nitrogens is 1. The molecule has 0 aliphatic carbocycles. The second kappa shape index (κ2) is 3.53. The second-order valence-electron chi connectivity index (χ2n) is 4.30. The molecule has 1 heterocycles. The van der Waals surface area contributed by atoms with Gasteiger partial charge in [-0.3, -0.25) is 0 Å². The van der Waals surface area contributed by atoms with E-state index in [0.717, 1.165) is 12.1 Å². The first-order valence-corrected chi connectivity index (χ1v) is 4.94. The Hall–Kier alpha value is -1.95. The van der Waals surface area contributed by atoms with Gasteiger partial charge in [0.15, 0.2) is 0 Å². The van der Waals surface area contributed by atoms with Crippen LogP contribution in [0.25, 0.3) is 11.0 Å². The molecular weight excluding hydrogens is 227 g/mol. The Balaban J connectivity index is 2.67. The average molecular weight is 238 g/mol. The summed E-state index contributed by atoms with van der Waals surface area (Å²) in [5.74, 6) is -1.93. The van der Waals surface area contributed by atoms with Crippen molar-refractivity contribution in [3.63, 3.8) is 0 Å². The van der Waals surface area contributed by atoms with E-state index in [4.69, 9.17) is 5.11 Å². The molecule has 0 atom stereocenters. The van der Waals surface area contributed by atoms with Gasteiger partial charge in [-0.1, -0.05) is 0 Å². The molecule has 6 heteroatoms. The van der Waals surface area contributed by atoms with Gasteiger partial charge in [0.1, 0.15) is 17.2 Å². The molecule has 0 aliphatic rings. The third-order valence-electron chi connectivity index (χ3n) is 2.38. The van der Waals surface area contributed by atoms with Crippen LogP contribution in [0.2, 0.25) is 0 Å². The molecule has 3 N–H and O–H groups in total. The molecule has 0 fully saturated rings. The monoisotopic (exact) mass is 238 g/mol. The topological polar surface area (TPSA) is 86.2 Å². The summed E-state index contributed by atoms with van der Waals surface area (Å²) in [7, 11) is 0. The van der Waals surface area contributed by atoms with Crippen LogP contribution >= 0.6 is 0 Å². The van der Waals surface area contributed by atoms with Gasteiger partial charge in [0.25, 0.3) is 0 Å². The number of rotatable bonds is 2. The number of aromatic amines is 1. The Kier molecular flexibility index (Phi) is 2.39. The number of benzene rings is 1. The molecule has 1 aromatic heterocycles. The summed E-state index contributed by atoms with van der Waals surface area (Å²) in [6.45, 7) is 3.05. The molecule has 17 heavy (non-hydrogen) atoms. The quantitative estimate of drug-likeness (QED) is 0.742. The number of aliphatic hydroxyl groups is 1. The largest absolute Gasteiger partial charge is 0.478 e. The number of carboxylic acids is 1. The van der Waals surface area contributed by atoms with Crippen molar-refractivity contribution >= 4 is 17.0 Å². The summed E-state index contributed by atoms with van der Waals surface area (Å²) in [4.78, 5) is 17.5. The summed E-state index contributed by atoms with van der Waals surface area (Å²) in [6, 6.07) is 2.19. The SMILES string of the molecule is CC(C)(O)c1nc2cc(C(=O)O)c(F)cc2[nH]1. The minimum absolute atomic E-state index is 0.259. The van der Waals surface area contributed by atoms with Crippen LogP contribution in [0.3, 0.4) is 0 Å². The van der Waals surface area contributed by atoms with Gasteiger partial charge in [0, 0.05) is 6.07 Å². The fourth-order valence-corrected chi connectivity index (χ4v) is 1.48. The van der Waals surface area contributed by atoms with Crippen LogP contribution in [0.1, 0.15) is 30.0 Å². The van der Waals surface area contributed by atoms with Gasteiger partial charge < -0.3 is 15.2 Å². The number of nitrogens with one attached hydrogen (secondary N) is 1. The normalized spacial score (nSPS) is 12.0. The molecule has 0 aliphatic heterocycles. The molecule has 90 valence electrons. The number of aromatic carboxylic acids is 1. The standard InChI is InChI=1S/C11H11FN2O3/c1-11(2,17)10-13-7-3-5(9(15)16)6(12)4-8(7)14-10/h3-4,17H,1-2H3,(H,13,14)(H,15,16). The zero-order valence-corrected chi connectivity index (χ0v) is 9.28. The van der Waals surface area contributed by atoms with E-state index in [9.17, 15) is 14.3 Å². The molecule has 2 aromatic rings. The Morgan fingerprint density at radius 2 is 2.12 bits per heavy atom. The number of hydrogen-bond acceptors (Lipinski definition) is 3. The van der Waals surface area contributed by atoms with E-state index in [-0.39, 0.29) is 5.82 Å². The lowest BCUT2D eigenvalue weighted by atomic mass is 10.1. The summed E-state index contributed by atoms with van der Waals surface area (Å²) in [5.41, 5.74) is -0.976. The average Bonchev–Trinajstić information content (AvgIpc) is 2.58. The van der Waals surface area contributed by atoms with E-state index in [0.29, 0.717) is 11.0 Å². The lowest BCUT2D eigenvalue weighted by Gasteiger charge is -2.12. The van der Waals surface area contributed by atoms with Crippen LogP contribution in [0, 0.1) is 5.82 Å². The zero-order chi connectivity index (χ0) is 12.8. The highest BCUT2D eigenvalue weighted by Gasteiger charge is 2.22. The molecule has 0 amide bonds. The number of carboxylic acid groups (broad SMARTS) is 1. The van der Waals surface area contributed by atoms with Gasteiger partial charge >= 0.3 is 5.97 Å². The molecular formula is C11H11FN2O3. The Morgan fingerprint density at radius 1 is 1.47 bits per heavy atom. The Bertz CT molecular complexity index is 599.